The molecule has 15 heavy (non-hydrogen) atoms. The van der Waals surface area contributed by atoms with Gasteiger partial charge in [-0.15, -0.1) is 0 Å². The van der Waals surface area contributed by atoms with Gasteiger partial charge in [-0.2, -0.15) is 0 Å². The van der Waals surface area contributed by atoms with Crippen LogP contribution >= 0.6 is 0 Å². The van der Waals surface area contributed by atoms with Gasteiger partial charge in [0.1, 0.15) is 0 Å². The Labute approximate surface area is 93.0 Å². The number of hydrogen-bond donors (Lipinski definition) is 3. The zero-order valence-corrected chi connectivity index (χ0v) is 10.6. The summed E-state index contributed by atoms with van der Waals surface area (Å²) in [7, 11) is 0. The van der Waals surface area contributed by atoms with Gasteiger partial charge in [0.15, 0.2) is 0 Å². The van der Waals surface area contributed by atoms with Gasteiger partial charge in [0.25, 0.3) is 0 Å². The van der Waals surface area contributed by atoms with Crippen LogP contribution in [-0.4, -0.2) is 23.7 Å². The van der Waals surface area contributed by atoms with E-state index in [1.54, 1.807) is 0 Å². The lowest BCUT2D eigenvalue weighted by Gasteiger charge is -2.28. The average Bonchev–Trinajstić information content (AvgIpc) is 2.12. The van der Waals surface area contributed by atoms with Gasteiger partial charge in [-0.3, -0.25) is 0 Å². The molecule has 0 saturated carbocycles. The van der Waals surface area contributed by atoms with Crippen LogP contribution in [0.5, 0.6) is 0 Å². The molecule has 0 spiro atoms. The van der Waals surface area contributed by atoms with E-state index in [1.807, 2.05) is 34.6 Å². The Morgan fingerprint density at radius 1 is 1.20 bits per heavy atom. The van der Waals surface area contributed by atoms with Gasteiger partial charge in [-0.05, 0) is 33.6 Å². The monoisotopic (exact) mass is 215 g/mol. The molecule has 0 fully saturated rings. The quantitative estimate of drug-likeness (QED) is 0.667. The molecule has 90 valence electrons. The van der Waals surface area contributed by atoms with Crippen molar-refractivity contribution in [2.24, 2.45) is 5.73 Å². The van der Waals surface area contributed by atoms with Gasteiger partial charge in [0, 0.05) is 17.6 Å². The van der Waals surface area contributed by atoms with E-state index in [-0.39, 0.29) is 17.1 Å². The maximum atomic E-state index is 11.5. The lowest BCUT2D eigenvalue weighted by molar-refractivity contribution is 0.227. The first-order valence-electron chi connectivity index (χ1n) is 5.57. The smallest absolute Gasteiger partial charge is 0.315 e. The molecular formula is C11H25N3O. The summed E-state index contributed by atoms with van der Waals surface area (Å²) in [6.07, 6.45) is 1.72. The van der Waals surface area contributed by atoms with Gasteiger partial charge < -0.3 is 16.4 Å². The van der Waals surface area contributed by atoms with Crippen LogP contribution in [0.3, 0.4) is 0 Å². The van der Waals surface area contributed by atoms with E-state index in [0.717, 1.165) is 12.8 Å². The number of amides is 2. The fraction of sp³-hybridized carbons (Fsp3) is 0.909. The van der Waals surface area contributed by atoms with E-state index in [9.17, 15) is 4.79 Å². The molecule has 0 radical (unpaired) electrons. The summed E-state index contributed by atoms with van der Waals surface area (Å²) in [5.74, 6) is 0. The summed E-state index contributed by atoms with van der Waals surface area (Å²) >= 11 is 0. The summed E-state index contributed by atoms with van der Waals surface area (Å²) in [4.78, 5) is 11.5. The van der Waals surface area contributed by atoms with Crippen LogP contribution in [0, 0.1) is 0 Å². The third kappa shape index (κ3) is 6.33. The van der Waals surface area contributed by atoms with Crippen molar-refractivity contribution in [1.82, 2.24) is 10.6 Å². The highest BCUT2D eigenvalue weighted by atomic mass is 16.2. The SMILES string of the molecule is CCC(N)(CC)CNC(=O)NC(C)(C)C. The zero-order chi connectivity index (χ0) is 12.1. The van der Waals surface area contributed by atoms with E-state index in [2.05, 4.69) is 10.6 Å². The van der Waals surface area contributed by atoms with Crippen LogP contribution in [0.2, 0.25) is 0 Å². The Hall–Kier alpha value is -0.770. The second-order valence-corrected chi connectivity index (χ2v) is 5.13. The van der Waals surface area contributed by atoms with Gasteiger partial charge in [-0.25, -0.2) is 4.79 Å². The Kier molecular flexibility index (Phi) is 5.08. The predicted molar refractivity (Wildman–Crippen MR) is 63.8 cm³/mol. The first-order chi connectivity index (χ1) is 6.72. The van der Waals surface area contributed by atoms with Crippen molar-refractivity contribution < 1.29 is 4.79 Å². The molecule has 4 N–H and O–H groups in total. The van der Waals surface area contributed by atoms with Gasteiger partial charge >= 0.3 is 6.03 Å². The van der Waals surface area contributed by atoms with Crippen LogP contribution in [0.15, 0.2) is 0 Å². The molecule has 4 nitrogen and oxygen atoms in total. The first-order valence-corrected chi connectivity index (χ1v) is 5.57. The number of hydrogen-bond acceptors (Lipinski definition) is 2. The summed E-state index contributed by atoms with van der Waals surface area (Å²) in [5.41, 5.74) is 5.58. The highest BCUT2D eigenvalue weighted by Gasteiger charge is 2.21. The highest BCUT2D eigenvalue weighted by Crippen LogP contribution is 2.09. The summed E-state index contributed by atoms with van der Waals surface area (Å²) < 4.78 is 0. The Morgan fingerprint density at radius 3 is 2.00 bits per heavy atom. The number of carbonyl (C=O) groups is 1. The molecule has 0 atom stereocenters. The van der Waals surface area contributed by atoms with Gasteiger partial charge in [0.2, 0.25) is 0 Å². The van der Waals surface area contributed by atoms with E-state index >= 15 is 0 Å². The lowest BCUT2D eigenvalue weighted by Crippen LogP contribution is -2.54. The molecule has 0 aliphatic rings. The maximum Gasteiger partial charge on any atom is 0.315 e. The molecule has 0 aliphatic carbocycles. The third-order valence-corrected chi connectivity index (χ3v) is 2.50. The van der Waals surface area contributed by atoms with Crippen molar-refractivity contribution in [2.75, 3.05) is 6.54 Å². The van der Waals surface area contributed by atoms with Crippen molar-refractivity contribution in [1.29, 1.82) is 0 Å². The van der Waals surface area contributed by atoms with Crippen LogP contribution in [-0.2, 0) is 0 Å². The Bertz CT molecular complexity index is 204. The molecule has 0 unspecified atom stereocenters. The van der Waals surface area contributed by atoms with Crippen LogP contribution < -0.4 is 16.4 Å². The first kappa shape index (κ1) is 14.2. The van der Waals surface area contributed by atoms with Crippen molar-refractivity contribution in [3.8, 4) is 0 Å². The lowest BCUT2D eigenvalue weighted by atomic mass is 9.94. The number of nitrogens with two attached hydrogens (primary N) is 1. The van der Waals surface area contributed by atoms with Crippen molar-refractivity contribution >= 4 is 6.03 Å². The average molecular weight is 215 g/mol. The third-order valence-electron chi connectivity index (χ3n) is 2.50. The van der Waals surface area contributed by atoms with Crippen molar-refractivity contribution in [3.63, 3.8) is 0 Å². The standard InChI is InChI=1S/C11H25N3O/c1-6-11(12,7-2)8-13-9(15)14-10(3,4)5/h6-8,12H2,1-5H3,(H2,13,14,15). The molecule has 2 amide bonds. The van der Waals surface area contributed by atoms with Crippen LogP contribution in [0.4, 0.5) is 4.79 Å². The molecule has 0 rings (SSSR count). The maximum absolute atomic E-state index is 11.5. The van der Waals surface area contributed by atoms with Crippen molar-refractivity contribution in [3.05, 3.63) is 0 Å². The molecule has 0 aromatic heterocycles. The Morgan fingerprint density at radius 2 is 1.67 bits per heavy atom. The van der Waals surface area contributed by atoms with Crippen molar-refractivity contribution in [2.45, 2.75) is 58.5 Å². The topological polar surface area (TPSA) is 67.1 Å². The number of rotatable bonds is 4. The van der Waals surface area contributed by atoms with E-state index < -0.39 is 0 Å². The Balaban J connectivity index is 4.00. The molecule has 0 aromatic rings. The fourth-order valence-corrected chi connectivity index (χ4v) is 1.14. The normalized spacial score (nSPS) is 12.4. The molecule has 0 bridgehead atoms. The minimum Gasteiger partial charge on any atom is -0.336 e. The number of nitrogens with one attached hydrogen (secondary N) is 2. The number of urea groups is 1. The fourth-order valence-electron chi connectivity index (χ4n) is 1.14. The largest absolute Gasteiger partial charge is 0.336 e. The molecule has 4 heteroatoms. The minimum atomic E-state index is -0.283. The summed E-state index contributed by atoms with van der Waals surface area (Å²) in [5, 5.41) is 5.64. The molecule has 0 aromatic carbocycles. The van der Waals surface area contributed by atoms with Gasteiger partial charge in [0.05, 0.1) is 0 Å². The molecule has 0 saturated heterocycles. The van der Waals surface area contributed by atoms with Crippen LogP contribution in [0.1, 0.15) is 47.5 Å². The van der Waals surface area contributed by atoms with Crippen LogP contribution in [0.25, 0.3) is 0 Å². The second-order valence-electron chi connectivity index (χ2n) is 5.13. The van der Waals surface area contributed by atoms with E-state index in [4.69, 9.17) is 5.73 Å². The summed E-state index contributed by atoms with van der Waals surface area (Å²) in [6, 6.07) is -0.153. The molecule has 0 aliphatic heterocycles. The predicted octanol–water partition coefficient (Wildman–Crippen LogP) is 1.60. The van der Waals surface area contributed by atoms with E-state index in [1.165, 1.54) is 0 Å². The van der Waals surface area contributed by atoms with E-state index in [0.29, 0.717) is 6.54 Å². The van der Waals surface area contributed by atoms with Gasteiger partial charge in [-0.1, -0.05) is 13.8 Å². The number of carbonyl (C=O) groups excluding carboxylic acids is 1. The molecule has 0 heterocycles. The summed E-state index contributed by atoms with van der Waals surface area (Å²) in [6.45, 7) is 10.4. The molecular weight excluding hydrogens is 190 g/mol. The highest BCUT2D eigenvalue weighted by molar-refractivity contribution is 5.74. The second kappa shape index (κ2) is 5.35. The zero-order valence-electron chi connectivity index (χ0n) is 10.6. The minimum absolute atomic E-state index is 0.153.